The molecule has 5 heteroatoms. The molecule has 1 aliphatic rings. The molecule has 104 valence electrons. The minimum Gasteiger partial charge on any atom is -0.354 e. The molecule has 1 aliphatic heterocycles. The molecule has 1 amide bonds. The minimum atomic E-state index is -0.106. The van der Waals surface area contributed by atoms with E-state index in [9.17, 15) is 4.79 Å². The molecule has 1 saturated heterocycles. The van der Waals surface area contributed by atoms with E-state index >= 15 is 0 Å². The highest BCUT2D eigenvalue weighted by atomic mass is 16.1. The Labute approximate surface area is 114 Å². The fourth-order valence-corrected chi connectivity index (χ4v) is 2.10. The van der Waals surface area contributed by atoms with Gasteiger partial charge in [0.25, 0.3) is 5.91 Å². The maximum absolute atomic E-state index is 11.9. The maximum Gasteiger partial charge on any atom is 0.270 e. The summed E-state index contributed by atoms with van der Waals surface area (Å²) in [5.74, 6) is 0.787. The molecule has 0 aliphatic carbocycles. The molecule has 0 spiro atoms. The van der Waals surface area contributed by atoms with Gasteiger partial charge in [-0.25, -0.2) is 4.98 Å². The number of hydrogen-bond donors (Lipinski definition) is 1. The number of carbonyl (C=O) groups is 1. The molecule has 0 bridgehead atoms. The molecule has 1 aromatic rings. The first kappa shape index (κ1) is 13.8. The summed E-state index contributed by atoms with van der Waals surface area (Å²) < 4.78 is 0. The van der Waals surface area contributed by atoms with Crippen molar-refractivity contribution in [3.63, 3.8) is 0 Å². The van der Waals surface area contributed by atoms with Gasteiger partial charge in [0.05, 0.1) is 0 Å². The van der Waals surface area contributed by atoms with Crippen LogP contribution in [0.3, 0.4) is 0 Å². The van der Waals surface area contributed by atoms with Crippen molar-refractivity contribution in [2.75, 3.05) is 38.1 Å². The summed E-state index contributed by atoms with van der Waals surface area (Å²) in [5, 5.41) is 2.87. The number of piperazine rings is 1. The highest BCUT2D eigenvalue weighted by molar-refractivity contribution is 5.92. The largest absolute Gasteiger partial charge is 0.354 e. The lowest BCUT2D eigenvalue weighted by Crippen LogP contribution is -2.45. The van der Waals surface area contributed by atoms with Gasteiger partial charge in [0, 0.05) is 32.2 Å². The van der Waals surface area contributed by atoms with Crippen LogP contribution in [0.2, 0.25) is 0 Å². The van der Waals surface area contributed by atoms with Crippen LogP contribution in [-0.2, 0) is 0 Å². The van der Waals surface area contributed by atoms with Crippen molar-refractivity contribution in [3.05, 3.63) is 23.9 Å². The summed E-state index contributed by atoms with van der Waals surface area (Å²) in [5.41, 5.74) is 0.491. The monoisotopic (exact) mass is 262 g/mol. The van der Waals surface area contributed by atoms with Gasteiger partial charge in [0.15, 0.2) is 0 Å². The maximum atomic E-state index is 11.9. The Balaban J connectivity index is 2.08. The summed E-state index contributed by atoms with van der Waals surface area (Å²) in [6, 6.07) is 5.76. The summed E-state index contributed by atoms with van der Waals surface area (Å²) >= 11 is 0. The second-order valence-corrected chi connectivity index (χ2v) is 5.30. The average molecular weight is 262 g/mol. The fraction of sp³-hybridized carbons (Fsp3) is 0.571. The van der Waals surface area contributed by atoms with E-state index in [1.165, 1.54) is 0 Å². The van der Waals surface area contributed by atoms with Gasteiger partial charge in [0.2, 0.25) is 0 Å². The molecule has 0 radical (unpaired) electrons. The lowest BCUT2D eigenvalue weighted by Gasteiger charge is -2.33. The molecule has 0 atom stereocenters. The Hall–Kier alpha value is -1.62. The third-order valence-electron chi connectivity index (χ3n) is 3.21. The van der Waals surface area contributed by atoms with Crippen LogP contribution in [0, 0.1) is 0 Å². The van der Waals surface area contributed by atoms with Crippen LogP contribution in [0.1, 0.15) is 24.3 Å². The second-order valence-electron chi connectivity index (χ2n) is 5.30. The van der Waals surface area contributed by atoms with Crippen molar-refractivity contribution < 1.29 is 4.79 Å². The van der Waals surface area contributed by atoms with Crippen LogP contribution >= 0.6 is 0 Å². The molecule has 2 heterocycles. The number of aromatic nitrogens is 1. The van der Waals surface area contributed by atoms with E-state index < -0.39 is 0 Å². The van der Waals surface area contributed by atoms with E-state index in [1.54, 1.807) is 6.07 Å². The molecule has 1 N–H and O–H groups in total. The summed E-state index contributed by atoms with van der Waals surface area (Å²) in [6.07, 6.45) is 0. The topological polar surface area (TPSA) is 48.5 Å². The van der Waals surface area contributed by atoms with E-state index in [1.807, 2.05) is 26.0 Å². The Morgan fingerprint density at radius 1 is 1.26 bits per heavy atom. The van der Waals surface area contributed by atoms with Crippen molar-refractivity contribution >= 4 is 11.7 Å². The van der Waals surface area contributed by atoms with Gasteiger partial charge in [-0.05, 0) is 33.0 Å². The van der Waals surface area contributed by atoms with E-state index in [2.05, 4.69) is 27.1 Å². The van der Waals surface area contributed by atoms with Crippen molar-refractivity contribution in [2.24, 2.45) is 0 Å². The van der Waals surface area contributed by atoms with Gasteiger partial charge in [-0.15, -0.1) is 0 Å². The van der Waals surface area contributed by atoms with Crippen molar-refractivity contribution in [1.82, 2.24) is 15.2 Å². The van der Waals surface area contributed by atoms with E-state index in [-0.39, 0.29) is 11.9 Å². The molecule has 1 fully saturated rings. The van der Waals surface area contributed by atoms with Crippen LogP contribution in [0.15, 0.2) is 18.2 Å². The second kappa shape index (κ2) is 6.02. The van der Waals surface area contributed by atoms with Crippen LogP contribution in [-0.4, -0.2) is 55.1 Å². The highest BCUT2D eigenvalue weighted by Crippen LogP contribution is 2.13. The summed E-state index contributed by atoms with van der Waals surface area (Å²) in [4.78, 5) is 20.9. The standard InChI is InChI=1S/C14H22N4O/c1-11(2)15-14(19)12-5-4-6-13(16-12)18-9-7-17(3)8-10-18/h4-6,11H,7-10H2,1-3H3,(H,15,19). The number of likely N-dealkylation sites (N-methyl/N-ethyl adjacent to an activating group) is 1. The number of pyridine rings is 1. The fourth-order valence-electron chi connectivity index (χ4n) is 2.10. The van der Waals surface area contributed by atoms with Gasteiger partial charge in [-0.3, -0.25) is 4.79 Å². The number of nitrogens with zero attached hydrogens (tertiary/aromatic N) is 3. The number of amides is 1. The number of carbonyl (C=O) groups excluding carboxylic acids is 1. The van der Waals surface area contributed by atoms with Crippen LogP contribution in [0.5, 0.6) is 0 Å². The Kier molecular flexibility index (Phi) is 4.37. The van der Waals surface area contributed by atoms with E-state index in [4.69, 9.17) is 0 Å². The smallest absolute Gasteiger partial charge is 0.270 e. The molecule has 2 rings (SSSR count). The number of anilines is 1. The Morgan fingerprint density at radius 2 is 1.95 bits per heavy atom. The summed E-state index contributed by atoms with van der Waals surface area (Å²) in [6.45, 7) is 7.87. The molecule has 0 saturated carbocycles. The first-order valence-corrected chi connectivity index (χ1v) is 6.77. The highest BCUT2D eigenvalue weighted by Gasteiger charge is 2.16. The third-order valence-corrected chi connectivity index (χ3v) is 3.21. The first-order valence-electron chi connectivity index (χ1n) is 6.77. The number of nitrogens with one attached hydrogen (secondary N) is 1. The Bertz CT molecular complexity index is 439. The number of rotatable bonds is 3. The number of hydrogen-bond acceptors (Lipinski definition) is 4. The van der Waals surface area contributed by atoms with Crippen LogP contribution < -0.4 is 10.2 Å². The molecule has 0 aromatic carbocycles. The quantitative estimate of drug-likeness (QED) is 0.882. The first-order chi connectivity index (χ1) is 9.06. The molecule has 1 aromatic heterocycles. The zero-order valence-corrected chi connectivity index (χ0v) is 11.9. The SMILES string of the molecule is CC(C)NC(=O)c1cccc(N2CCN(C)CC2)n1. The zero-order valence-electron chi connectivity index (χ0n) is 11.9. The van der Waals surface area contributed by atoms with Gasteiger partial charge in [-0.1, -0.05) is 6.07 Å². The summed E-state index contributed by atoms with van der Waals surface area (Å²) in [7, 11) is 2.12. The lowest BCUT2D eigenvalue weighted by molar-refractivity contribution is 0.0938. The normalized spacial score (nSPS) is 16.7. The third kappa shape index (κ3) is 3.67. The molecular weight excluding hydrogens is 240 g/mol. The van der Waals surface area contributed by atoms with E-state index in [0.717, 1.165) is 32.0 Å². The van der Waals surface area contributed by atoms with Crippen molar-refractivity contribution in [3.8, 4) is 0 Å². The predicted octanol–water partition coefficient (Wildman–Crippen LogP) is 0.972. The predicted molar refractivity (Wildman–Crippen MR) is 76.5 cm³/mol. The lowest BCUT2D eigenvalue weighted by atomic mass is 10.2. The zero-order chi connectivity index (χ0) is 13.8. The van der Waals surface area contributed by atoms with Gasteiger partial charge >= 0.3 is 0 Å². The van der Waals surface area contributed by atoms with Crippen LogP contribution in [0.25, 0.3) is 0 Å². The van der Waals surface area contributed by atoms with Gasteiger partial charge in [0.1, 0.15) is 11.5 Å². The molecular formula is C14H22N4O. The van der Waals surface area contributed by atoms with E-state index in [0.29, 0.717) is 5.69 Å². The molecule has 5 nitrogen and oxygen atoms in total. The van der Waals surface area contributed by atoms with Crippen molar-refractivity contribution in [2.45, 2.75) is 19.9 Å². The van der Waals surface area contributed by atoms with Crippen molar-refractivity contribution in [1.29, 1.82) is 0 Å². The molecule has 19 heavy (non-hydrogen) atoms. The van der Waals surface area contributed by atoms with Gasteiger partial charge < -0.3 is 15.1 Å². The Morgan fingerprint density at radius 3 is 2.58 bits per heavy atom. The van der Waals surface area contributed by atoms with Gasteiger partial charge in [-0.2, -0.15) is 0 Å². The molecule has 0 unspecified atom stereocenters. The van der Waals surface area contributed by atoms with Crippen LogP contribution in [0.4, 0.5) is 5.82 Å². The average Bonchev–Trinajstić information content (AvgIpc) is 2.39. The minimum absolute atomic E-state index is 0.106.